The van der Waals surface area contributed by atoms with Crippen molar-refractivity contribution in [2.45, 2.75) is 35.4 Å². The number of rotatable bonds is 7. The van der Waals surface area contributed by atoms with Crippen LogP contribution in [-0.4, -0.2) is 12.4 Å². The smallest absolute Gasteiger partial charge is 0.195 e. The molecule has 0 spiro atoms. The number of hydrogen-bond acceptors (Lipinski definition) is 2. The number of alkyl halides is 12. The van der Waals surface area contributed by atoms with Gasteiger partial charge in [-0.1, -0.05) is 132 Å². The van der Waals surface area contributed by atoms with Crippen molar-refractivity contribution in [3.05, 3.63) is 185 Å². The van der Waals surface area contributed by atoms with E-state index in [0.29, 0.717) is 59.8 Å². The first-order chi connectivity index (χ1) is 27.5. The maximum atomic E-state index is 13.3. The Hall–Kier alpha value is -5.82. The lowest BCUT2D eigenvalue weighted by Crippen LogP contribution is -2.74. The molecule has 0 saturated carbocycles. The van der Waals surface area contributed by atoms with Crippen molar-refractivity contribution >= 4 is 37.9 Å². The van der Waals surface area contributed by atoms with Gasteiger partial charge in [0.25, 0.3) is 0 Å². The van der Waals surface area contributed by atoms with E-state index in [1.807, 2.05) is 42.5 Å². The SMILES string of the molecule is C[S+](=O)(Cc1ccc(C#N)cc1)c1ccccc1.FC(F)(F)c1ccc([B-](c2ccc(C(F)(F)F)cc2)(c2ccc(C(F)(F)F)cc2)c2ccc(C(F)(F)F)cc2)cc1. The predicted octanol–water partition coefficient (Wildman–Crippen LogP) is 10.4. The fraction of sp³-hybridized carbons (Fsp3) is 0.140. The minimum Gasteiger partial charge on any atom is -0.195 e. The van der Waals surface area contributed by atoms with Gasteiger partial charge in [0, 0.05) is 5.56 Å². The lowest BCUT2D eigenvalue weighted by Gasteiger charge is -2.44. The summed E-state index contributed by atoms with van der Waals surface area (Å²) < 4.78 is 173. The van der Waals surface area contributed by atoms with Crippen LogP contribution in [-0.2, 0) is 44.6 Å². The second-order valence-electron chi connectivity index (χ2n) is 13.6. The molecule has 0 aliphatic heterocycles. The van der Waals surface area contributed by atoms with Crippen molar-refractivity contribution < 1.29 is 56.9 Å². The standard InChI is InChI=1S/C28H16BF12.C15H14NOS/c30-25(31,32)17-1-9-21(10-2-17)29(22-11-3-18(4-12-22)26(33,34)35,23-13-5-19(6-14-23)27(36,37)38)24-15-7-20(8-16-24)28(39,40)41;1-18(17,15-5-3-2-4-6-15)12-14-9-7-13(11-16)8-10-14/h1-16H;2-10H,12H2,1H3/q-1;+1. The van der Waals surface area contributed by atoms with Crippen molar-refractivity contribution in [2.24, 2.45) is 0 Å². The summed E-state index contributed by atoms with van der Waals surface area (Å²) in [6.45, 7) is 0. The maximum Gasteiger partial charge on any atom is 0.416 e. The van der Waals surface area contributed by atoms with Gasteiger partial charge in [-0.2, -0.15) is 79.8 Å². The molecule has 1 atom stereocenters. The molecule has 0 heterocycles. The summed E-state index contributed by atoms with van der Waals surface area (Å²) in [5.41, 5.74) is -2.68. The average molecular weight is 848 g/mol. The molecule has 306 valence electrons. The molecule has 2 nitrogen and oxygen atoms in total. The molecular formula is C43H30BF12NOS. The van der Waals surface area contributed by atoms with Crippen molar-refractivity contribution in [3.8, 4) is 6.07 Å². The van der Waals surface area contributed by atoms with E-state index in [1.165, 1.54) is 0 Å². The van der Waals surface area contributed by atoms with Gasteiger partial charge in [-0.25, -0.2) is 0 Å². The van der Waals surface area contributed by atoms with Gasteiger partial charge in [0.2, 0.25) is 0 Å². The van der Waals surface area contributed by atoms with Gasteiger partial charge in [-0.3, -0.25) is 0 Å². The third-order valence-corrected chi connectivity index (χ3v) is 11.9. The van der Waals surface area contributed by atoms with Crippen molar-refractivity contribution in [2.75, 3.05) is 6.26 Å². The first-order valence-electron chi connectivity index (χ1n) is 17.3. The molecule has 0 aliphatic carbocycles. The highest BCUT2D eigenvalue weighted by molar-refractivity contribution is 8.01. The summed E-state index contributed by atoms with van der Waals surface area (Å²) in [4.78, 5) is 0.870. The van der Waals surface area contributed by atoms with E-state index < -0.39 is 63.0 Å². The second kappa shape index (κ2) is 16.8. The minimum absolute atomic E-state index is 0.0114. The zero-order valence-electron chi connectivity index (χ0n) is 30.5. The van der Waals surface area contributed by atoms with Crippen LogP contribution in [0.1, 0.15) is 33.4 Å². The maximum absolute atomic E-state index is 13.3. The van der Waals surface area contributed by atoms with E-state index in [4.69, 9.17) is 5.26 Å². The Morgan fingerprint density at radius 3 is 1.00 bits per heavy atom. The quantitative estimate of drug-likeness (QED) is 0.0913. The minimum atomic E-state index is -4.77. The van der Waals surface area contributed by atoms with E-state index in [9.17, 15) is 56.9 Å². The van der Waals surface area contributed by atoms with Crippen molar-refractivity contribution in [3.63, 3.8) is 0 Å². The number of hydrogen-bond donors (Lipinski definition) is 0. The van der Waals surface area contributed by atoms with Gasteiger partial charge >= 0.3 is 24.7 Å². The lowest BCUT2D eigenvalue weighted by molar-refractivity contribution is -0.138. The number of halogens is 12. The first-order valence-corrected chi connectivity index (χ1v) is 19.5. The Labute approximate surface area is 332 Å². The van der Waals surface area contributed by atoms with Gasteiger partial charge in [0.15, 0.2) is 4.90 Å². The molecule has 0 N–H and O–H groups in total. The molecule has 16 heteroatoms. The molecule has 0 bridgehead atoms. The first kappa shape index (κ1) is 44.3. The number of benzene rings is 6. The Bertz CT molecular complexity index is 2180. The topological polar surface area (TPSA) is 40.9 Å². The molecule has 0 saturated heterocycles. The van der Waals surface area contributed by atoms with Crippen LogP contribution in [0.25, 0.3) is 0 Å². The molecule has 0 aliphatic rings. The van der Waals surface area contributed by atoms with Gasteiger partial charge < -0.3 is 0 Å². The van der Waals surface area contributed by atoms with E-state index in [-0.39, 0.29) is 21.9 Å². The van der Waals surface area contributed by atoms with Crippen LogP contribution in [0, 0.1) is 11.3 Å². The molecule has 0 amide bonds. The Balaban J connectivity index is 0.000000305. The van der Waals surface area contributed by atoms with Gasteiger partial charge in [0.05, 0.1) is 33.9 Å². The summed E-state index contributed by atoms with van der Waals surface area (Å²) in [5.74, 6) is 0.503. The average Bonchev–Trinajstić information content (AvgIpc) is 3.18. The monoisotopic (exact) mass is 847 g/mol. The molecule has 0 radical (unpaired) electrons. The molecule has 6 aromatic rings. The molecule has 1 unspecified atom stereocenters. The fourth-order valence-corrected chi connectivity index (χ4v) is 8.51. The molecule has 59 heavy (non-hydrogen) atoms. The molecule has 6 rings (SSSR count). The van der Waals surface area contributed by atoms with Crippen LogP contribution in [0.3, 0.4) is 0 Å². The zero-order chi connectivity index (χ0) is 43.4. The van der Waals surface area contributed by atoms with Crippen LogP contribution in [0.5, 0.6) is 0 Å². The lowest BCUT2D eigenvalue weighted by atomic mass is 9.13. The summed E-state index contributed by atoms with van der Waals surface area (Å²) in [7, 11) is -2.07. The van der Waals surface area contributed by atoms with Gasteiger partial charge in [0.1, 0.15) is 28.1 Å². The van der Waals surface area contributed by atoms with Crippen molar-refractivity contribution in [1.29, 1.82) is 5.26 Å². The molecule has 6 aromatic carbocycles. The highest BCUT2D eigenvalue weighted by Gasteiger charge is 2.38. The predicted molar refractivity (Wildman–Crippen MR) is 204 cm³/mol. The highest BCUT2D eigenvalue weighted by Crippen LogP contribution is 2.32. The number of nitrogens with zero attached hydrogens (tertiary/aromatic N) is 1. The number of nitriles is 1. The Kier molecular flexibility index (Phi) is 12.6. The Morgan fingerprint density at radius 2 is 0.746 bits per heavy atom. The van der Waals surface area contributed by atoms with Crippen LogP contribution in [0.4, 0.5) is 52.7 Å². The van der Waals surface area contributed by atoms with E-state index >= 15 is 0 Å². The summed E-state index contributed by atoms with van der Waals surface area (Å²) >= 11 is 0. The van der Waals surface area contributed by atoms with Crippen LogP contribution >= 0.6 is 0 Å². The van der Waals surface area contributed by atoms with Gasteiger partial charge in [-0.05, 0) is 24.3 Å². The van der Waals surface area contributed by atoms with Crippen molar-refractivity contribution in [1.82, 2.24) is 0 Å². The van der Waals surface area contributed by atoms with E-state index in [0.717, 1.165) is 59.0 Å². The summed E-state index contributed by atoms with van der Waals surface area (Å²) in [5, 5.41) is 8.73. The zero-order valence-corrected chi connectivity index (χ0v) is 31.3. The fourth-order valence-electron chi connectivity index (χ4n) is 6.78. The largest absolute Gasteiger partial charge is 0.416 e. The van der Waals surface area contributed by atoms with Crippen LogP contribution < -0.4 is 21.9 Å². The Morgan fingerprint density at radius 1 is 0.458 bits per heavy atom. The normalized spacial score (nSPS) is 13.4. The second-order valence-corrected chi connectivity index (χ2v) is 16.4. The summed E-state index contributed by atoms with van der Waals surface area (Å²) in [6.07, 6.45) is -20.2. The van der Waals surface area contributed by atoms with Crippen LogP contribution in [0.2, 0.25) is 0 Å². The highest BCUT2D eigenvalue weighted by atomic mass is 32.2. The van der Waals surface area contributed by atoms with E-state index in [2.05, 4.69) is 6.07 Å². The molecular weight excluding hydrogens is 817 g/mol. The van der Waals surface area contributed by atoms with Gasteiger partial charge in [-0.15, -0.1) is 0 Å². The third-order valence-electron chi connectivity index (χ3n) is 9.72. The van der Waals surface area contributed by atoms with Crippen LogP contribution in [0.15, 0.2) is 157 Å². The summed E-state index contributed by atoms with van der Waals surface area (Å²) in [6, 6.07) is 32.4. The third kappa shape index (κ3) is 10.3. The van der Waals surface area contributed by atoms with E-state index in [1.54, 1.807) is 18.4 Å². The molecule has 0 aromatic heterocycles. The molecule has 0 fully saturated rings.